The molecular weight excluding hydrogens is 881 g/mol. The third-order valence-corrected chi connectivity index (χ3v) is 14.5. The quantitative estimate of drug-likeness (QED) is 0.0912. The number of carbonyl (C=O) groups excluding carboxylic acids is 3. The molecule has 364 valence electrons. The van der Waals surface area contributed by atoms with Gasteiger partial charge in [0.05, 0.1) is 41.2 Å². The van der Waals surface area contributed by atoms with Crippen LogP contribution in [-0.4, -0.2) is 81.1 Å². The van der Waals surface area contributed by atoms with Crippen molar-refractivity contribution in [3.05, 3.63) is 130 Å². The number of amides is 1. The van der Waals surface area contributed by atoms with E-state index in [2.05, 4.69) is 15.6 Å². The Kier molecular flexibility index (Phi) is 13.6. The van der Waals surface area contributed by atoms with E-state index in [1.807, 2.05) is 60.7 Å². The molecule has 4 heterocycles. The largest absolute Gasteiger partial charge is 0.507 e. The first-order valence-electron chi connectivity index (χ1n) is 23.5. The number of allylic oxidation sites excluding steroid dienone is 2. The van der Waals surface area contributed by atoms with Gasteiger partial charge in [-0.3, -0.25) is 19.4 Å². The number of phenols is 2. The van der Waals surface area contributed by atoms with Crippen molar-refractivity contribution in [2.45, 2.75) is 116 Å². The van der Waals surface area contributed by atoms with Crippen molar-refractivity contribution in [2.75, 3.05) is 12.4 Å². The van der Waals surface area contributed by atoms with Crippen molar-refractivity contribution in [3.63, 3.8) is 0 Å². The van der Waals surface area contributed by atoms with Crippen LogP contribution in [0.1, 0.15) is 100 Å². The van der Waals surface area contributed by atoms with Crippen LogP contribution in [-0.2, 0) is 23.8 Å². The number of ether oxygens (including phenoxy) is 4. The first-order valence-corrected chi connectivity index (χ1v) is 23.5. The van der Waals surface area contributed by atoms with Crippen molar-refractivity contribution in [1.82, 2.24) is 5.32 Å². The highest BCUT2D eigenvalue weighted by atomic mass is 16.7. The first kappa shape index (κ1) is 49.0. The number of nitrogens with zero attached hydrogens (tertiary/aromatic N) is 2. The van der Waals surface area contributed by atoms with E-state index in [0.29, 0.717) is 12.8 Å². The van der Waals surface area contributed by atoms with Crippen LogP contribution in [0.15, 0.2) is 107 Å². The molecule has 4 aromatic rings. The fraction of sp³-hybridized carbons (Fsp3) is 0.426. The molecule has 1 fully saturated rings. The van der Waals surface area contributed by atoms with Crippen LogP contribution in [0.4, 0.5) is 5.69 Å². The Balaban J connectivity index is 1.34. The number of phenolic OH excluding ortho intramolecular Hbond substituents is 2. The maximum Gasteiger partial charge on any atom is 0.312 e. The topological polar surface area (TPSA) is 218 Å². The normalized spacial score (nSPS) is 33.3. The van der Waals surface area contributed by atoms with Gasteiger partial charge in [-0.25, -0.2) is 4.99 Å². The summed E-state index contributed by atoms with van der Waals surface area (Å²) in [5, 5.41) is 55.1. The van der Waals surface area contributed by atoms with Gasteiger partial charge in [0.25, 0.3) is 11.7 Å². The highest BCUT2D eigenvalue weighted by Crippen LogP contribution is 2.52. The second-order valence-corrected chi connectivity index (χ2v) is 19.3. The molecule has 69 heavy (non-hydrogen) atoms. The van der Waals surface area contributed by atoms with Crippen molar-refractivity contribution in [1.29, 1.82) is 0 Å². The summed E-state index contributed by atoms with van der Waals surface area (Å²) in [4.78, 5) is 51.6. The first-order chi connectivity index (χ1) is 32.8. The number of aromatic hydroxyl groups is 2. The van der Waals surface area contributed by atoms with Crippen molar-refractivity contribution in [3.8, 4) is 17.2 Å². The van der Waals surface area contributed by atoms with Gasteiger partial charge in [0.15, 0.2) is 5.75 Å². The Labute approximate surface area is 401 Å². The van der Waals surface area contributed by atoms with E-state index >= 15 is 4.79 Å². The zero-order valence-corrected chi connectivity index (χ0v) is 40.4. The van der Waals surface area contributed by atoms with E-state index < -0.39 is 88.7 Å². The Morgan fingerprint density at radius 3 is 2.04 bits per heavy atom. The molecule has 0 aromatic heterocycles. The summed E-state index contributed by atoms with van der Waals surface area (Å²) < 4.78 is 24.3. The lowest BCUT2D eigenvalue weighted by atomic mass is 9.78. The van der Waals surface area contributed by atoms with Crippen LogP contribution in [0.2, 0.25) is 0 Å². The number of hydrogen-bond acceptors (Lipinski definition) is 14. The smallest absolute Gasteiger partial charge is 0.312 e. The van der Waals surface area contributed by atoms with Gasteiger partial charge in [0.1, 0.15) is 34.0 Å². The number of aliphatic hydroxyl groups excluding tert-OH is 2. The highest BCUT2D eigenvalue weighted by molar-refractivity contribution is 6.21. The molecule has 15 nitrogen and oxygen atoms in total. The summed E-state index contributed by atoms with van der Waals surface area (Å²) in [6.45, 7) is 12.8. The predicted molar refractivity (Wildman–Crippen MR) is 258 cm³/mol. The number of methoxy groups -OCH3 is 1. The lowest BCUT2D eigenvalue weighted by molar-refractivity contribution is -0.160. The molecular formula is C54H62N4O11. The van der Waals surface area contributed by atoms with Crippen LogP contribution in [0.5, 0.6) is 17.2 Å². The van der Waals surface area contributed by atoms with Gasteiger partial charge in [-0.2, -0.15) is 0 Å². The van der Waals surface area contributed by atoms with Gasteiger partial charge in [0, 0.05) is 86.1 Å². The molecule has 4 aliphatic rings. The Morgan fingerprint density at radius 1 is 0.826 bits per heavy atom. The summed E-state index contributed by atoms with van der Waals surface area (Å²) in [5.74, 6) is -7.33. The number of rotatable bonds is 4. The van der Waals surface area contributed by atoms with E-state index in [-0.39, 0.29) is 61.7 Å². The van der Waals surface area contributed by atoms with E-state index in [1.165, 1.54) is 33.3 Å². The summed E-state index contributed by atoms with van der Waals surface area (Å²) in [5.41, 5.74) is 1.54. The number of carbonyl (C=O) groups is 3. The second-order valence-electron chi connectivity index (χ2n) is 19.3. The minimum Gasteiger partial charge on any atom is -0.507 e. The molecule has 6 N–H and O–H groups in total. The van der Waals surface area contributed by atoms with Gasteiger partial charge < -0.3 is 50.0 Å². The summed E-state index contributed by atoms with van der Waals surface area (Å²) in [6, 6.07) is 19.5. The van der Waals surface area contributed by atoms with Gasteiger partial charge in [-0.05, 0) is 31.1 Å². The van der Waals surface area contributed by atoms with Gasteiger partial charge in [-0.1, -0.05) is 107 Å². The third kappa shape index (κ3) is 9.04. The zero-order chi connectivity index (χ0) is 49.7. The molecule has 1 saturated heterocycles. The minimum absolute atomic E-state index is 0.0176. The van der Waals surface area contributed by atoms with E-state index in [1.54, 1.807) is 59.8 Å². The Morgan fingerprint density at radius 2 is 1.45 bits per heavy atom. The number of hydrogen-bond donors (Lipinski definition) is 6. The Hall–Kier alpha value is -6.39. The highest BCUT2D eigenvalue weighted by Gasteiger charge is 2.51. The summed E-state index contributed by atoms with van der Waals surface area (Å²) >= 11 is 0. The molecule has 4 aromatic carbocycles. The van der Waals surface area contributed by atoms with Gasteiger partial charge >= 0.3 is 11.8 Å². The van der Waals surface area contributed by atoms with E-state index in [4.69, 9.17) is 23.9 Å². The van der Waals surface area contributed by atoms with Crippen LogP contribution >= 0.6 is 0 Å². The number of benzene rings is 4. The molecule has 4 bridgehead atoms. The molecule has 1 amide bonds. The van der Waals surface area contributed by atoms with Gasteiger partial charge in [0.2, 0.25) is 0 Å². The molecule has 12 atom stereocenters. The number of esters is 1. The SMILES string of the molecule is CO[C@H]1/C=C/O[C@@]2(C)Oc3c(C)c(O)c4c(O)c(c5c(c4c3C2=O)NC2(C[C@@H](c3ccccc3)N[C@@H](c3ccccc3)C2)N=5)=NC(=O)/C(C)=C\C=C\[C@H](C)[C@H](O)[C@@H](C)[C@H](O)[C@H](C)[C@H](OC(C)=O)[C@@H]1C. The van der Waals surface area contributed by atoms with Crippen LogP contribution in [0, 0.1) is 30.6 Å². The fourth-order valence-corrected chi connectivity index (χ4v) is 10.5. The van der Waals surface area contributed by atoms with E-state index in [9.17, 15) is 30.0 Å². The average molecular weight is 943 g/mol. The monoisotopic (exact) mass is 942 g/mol. The summed E-state index contributed by atoms with van der Waals surface area (Å²) in [6.07, 6.45) is 4.61. The number of nitrogens with one attached hydrogen (secondary N) is 2. The van der Waals surface area contributed by atoms with Crippen molar-refractivity contribution >= 4 is 34.1 Å². The molecule has 0 saturated carbocycles. The lowest BCUT2D eigenvalue weighted by Gasteiger charge is -2.42. The average Bonchev–Trinajstić information content (AvgIpc) is 3.83. The molecule has 8 rings (SSSR count). The van der Waals surface area contributed by atoms with Crippen LogP contribution in [0.25, 0.3) is 10.8 Å². The van der Waals surface area contributed by atoms with Crippen LogP contribution in [0.3, 0.4) is 0 Å². The molecule has 4 aliphatic heterocycles. The molecule has 1 unspecified atom stereocenters. The maximum atomic E-state index is 15.0. The number of ketones is 1. The Bertz CT molecular complexity index is 2840. The number of fused-ring (bicyclic) bond motifs is 1. The molecule has 15 heteroatoms. The summed E-state index contributed by atoms with van der Waals surface area (Å²) in [7, 11) is 1.47. The fourth-order valence-electron chi connectivity index (χ4n) is 10.5. The van der Waals surface area contributed by atoms with Crippen molar-refractivity contribution < 1.29 is 53.8 Å². The number of aliphatic hydroxyl groups is 2. The van der Waals surface area contributed by atoms with Crippen LogP contribution < -0.4 is 26.1 Å². The maximum absolute atomic E-state index is 15.0. The lowest BCUT2D eigenvalue weighted by Crippen LogP contribution is -2.48. The number of anilines is 1. The second kappa shape index (κ2) is 19.2. The van der Waals surface area contributed by atoms with Gasteiger partial charge in [-0.15, -0.1) is 0 Å². The molecule has 1 spiro atoms. The number of piperidine rings is 1. The zero-order valence-electron chi connectivity index (χ0n) is 40.4. The predicted octanol–water partition coefficient (Wildman–Crippen LogP) is 6.86. The number of Topliss-reactive ketones (excluding diaryl/α,β-unsaturated/α-hetero) is 1. The standard InChI is InChI=1S/C54H62N4O11/c1-27-17-16-18-28(2)52(65)56-44-43-42(57-54(58-43)25-36(34-19-12-10-13-20-34)55-37(26-54)35-21-14-11-15-22-35)39-40(48(44)63)47(62)32(6)50-41(39)51(64)53(8,69-50)67-24-23-38(66-9)29(3)49(68-33(7)59)31(5)46(61)30(4)45(27)60/h10-24,27,29-31,36-38,45-46,49,55,57,60-63H,25-26H2,1-9H3/b17-16+,24-23+,28-18-,56-44?/t27-,29+,30+,31-,36-,37+,38-,45-,46-,49+,53-,54?/m0/s1. The minimum atomic E-state index is -2.00. The third-order valence-electron chi connectivity index (χ3n) is 14.5. The van der Waals surface area contributed by atoms with Crippen molar-refractivity contribution in [2.24, 2.45) is 33.7 Å². The molecule has 0 radical (unpaired) electrons. The van der Waals surface area contributed by atoms with E-state index in [0.717, 1.165) is 11.1 Å². The molecule has 0 aliphatic carbocycles.